The average molecular weight is 465 g/mol. The predicted molar refractivity (Wildman–Crippen MR) is 120 cm³/mol. The fourth-order valence-electron chi connectivity index (χ4n) is 4.08. The van der Waals surface area contributed by atoms with Crippen molar-refractivity contribution < 1.29 is 19.9 Å². The molecule has 2 aromatic carbocycles. The molecule has 0 amide bonds. The van der Waals surface area contributed by atoms with Crippen molar-refractivity contribution in [3.8, 4) is 11.5 Å². The molecular formula is C22H19N5O5S. The first-order valence-electron chi connectivity index (χ1n) is 10.3. The van der Waals surface area contributed by atoms with Gasteiger partial charge < -0.3 is 15.5 Å². The predicted octanol–water partition coefficient (Wildman–Crippen LogP) is 3.91. The van der Waals surface area contributed by atoms with E-state index in [1.165, 1.54) is 36.0 Å². The second-order valence-corrected chi connectivity index (χ2v) is 8.76. The molecule has 0 radical (unpaired) electrons. The first kappa shape index (κ1) is 21.0. The molecule has 11 heteroatoms. The number of benzene rings is 2. The molecule has 10 nitrogen and oxygen atoms in total. The molecule has 168 valence electrons. The fraction of sp³-hybridized carbons (Fsp3) is 0.227. The molecule has 0 saturated carbocycles. The molecule has 0 spiro atoms. The molecule has 5 rings (SSSR count). The van der Waals surface area contributed by atoms with Crippen LogP contribution in [0, 0.1) is 10.1 Å². The number of carbonyl (C=O) groups is 1. The molecule has 1 aliphatic heterocycles. The zero-order chi connectivity index (χ0) is 23.1. The number of nitro benzene ring substituents is 1. The first-order valence-corrected chi connectivity index (χ1v) is 11.3. The van der Waals surface area contributed by atoms with Crippen molar-refractivity contribution in [2.45, 2.75) is 36.2 Å². The van der Waals surface area contributed by atoms with E-state index in [0.29, 0.717) is 40.8 Å². The van der Waals surface area contributed by atoms with E-state index in [9.17, 15) is 25.1 Å². The topological polar surface area (TPSA) is 143 Å². The number of aromatic hydroxyl groups is 2. The van der Waals surface area contributed by atoms with E-state index < -0.39 is 11.0 Å². The molecule has 2 aliphatic rings. The van der Waals surface area contributed by atoms with Gasteiger partial charge in [-0.2, -0.15) is 4.98 Å². The zero-order valence-electron chi connectivity index (χ0n) is 17.3. The molecule has 1 aromatic heterocycles. The normalized spacial score (nSPS) is 17.3. The quantitative estimate of drug-likeness (QED) is 0.221. The number of anilines is 1. The summed E-state index contributed by atoms with van der Waals surface area (Å²) in [6, 6.07) is 10.2. The number of Topliss-reactive ketones (excluding diaryl/α,β-unsaturated/α-hetero) is 1. The molecule has 0 fully saturated rings. The summed E-state index contributed by atoms with van der Waals surface area (Å²) < 4.78 is 1.63. The smallest absolute Gasteiger partial charge is 0.269 e. The Kier molecular flexibility index (Phi) is 5.25. The maximum absolute atomic E-state index is 12.8. The highest BCUT2D eigenvalue weighted by Gasteiger charge is 2.37. The Hall–Kier alpha value is -3.86. The SMILES string of the molecule is O=C1CCCC2=C1C(c1ccc(O)c(O)c1)n1nc(SCc3ccc([N+](=O)[O-])cc3)nc1N2. The van der Waals surface area contributed by atoms with Crippen molar-refractivity contribution in [2.24, 2.45) is 0 Å². The second-order valence-electron chi connectivity index (χ2n) is 7.82. The van der Waals surface area contributed by atoms with E-state index in [1.807, 2.05) is 0 Å². The van der Waals surface area contributed by atoms with Gasteiger partial charge in [0.1, 0.15) is 6.04 Å². The third-order valence-corrected chi connectivity index (χ3v) is 6.59. The van der Waals surface area contributed by atoms with Crippen molar-refractivity contribution in [2.75, 3.05) is 5.32 Å². The number of hydrogen-bond acceptors (Lipinski definition) is 9. The number of rotatable bonds is 5. The number of fused-ring (bicyclic) bond motifs is 1. The third-order valence-electron chi connectivity index (χ3n) is 5.68. The molecule has 3 aromatic rings. The first-order chi connectivity index (χ1) is 15.9. The number of nitrogens with zero attached hydrogens (tertiary/aromatic N) is 4. The summed E-state index contributed by atoms with van der Waals surface area (Å²) in [4.78, 5) is 27.8. The van der Waals surface area contributed by atoms with Crippen LogP contribution >= 0.6 is 11.8 Å². The monoisotopic (exact) mass is 465 g/mol. The summed E-state index contributed by atoms with van der Waals surface area (Å²) in [5.74, 6) is 0.508. The maximum Gasteiger partial charge on any atom is 0.269 e. The number of thioether (sulfide) groups is 1. The van der Waals surface area contributed by atoms with Gasteiger partial charge in [0.05, 0.1) is 4.92 Å². The molecule has 1 aliphatic carbocycles. The van der Waals surface area contributed by atoms with Crippen molar-refractivity contribution in [3.05, 3.63) is 75.0 Å². The number of nitrogens with one attached hydrogen (secondary N) is 1. The summed E-state index contributed by atoms with van der Waals surface area (Å²) in [7, 11) is 0. The number of aromatic nitrogens is 3. The highest BCUT2D eigenvalue weighted by Crippen LogP contribution is 2.42. The lowest BCUT2D eigenvalue weighted by Crippen LogP contribution is -2.31. The number of carbonyl (C=O) groups excluding carboxylic acids is 1. The number of hydrogen-bond donors (Lipinski definition) is 3. The van der Waals surface area contributed by atoms with Crippen LogP contribution < -0.4 is 5.32 Å². The van der Waals surface area contributed by atoms with E-state index in [4.69, 9.17) is 0 Å². The molecular weight excluding hydrogens is 446 g/mol. The van der Waals surface area contributed by atoms with Crippen LogP contribution in [-0.2, 0) is 10.5 Å². The Morgan fingerprint density at radius 2 is 1.94 bits per heavy atom. The van der Waals surface area contributed by atoms with Gasteiger partial charge in [-0.3, -0.25) is 14.9 Å². The lowest BCUT2D eigenvalue weighted by atomic mass is 9.85. The van der Waals surface area contributed by atoms with Crippen LogP contribution in [0.2, 0.25) is 0 Å². The summed E-state index contributed by atoms with van der Waals surface area (Å²) in [5.41, 5.74) is 2.93. The third kappa shape index (κ3) is 3.91. The van der Waals surface area contributed by atoms with Crippen molar-refractivity contribution in [3.63, 3.8) is 0 Å². The van der Waals surface area contributed by atoms with Gasteiger partial charge in [0, 0.05) is 35.6 Å². The Labute approximate surface area is 192 Å². The fourth-order valence-corrected chi connectivity index (χ4v) is 4.86. The van der Waals surface area contributed by atoms with Gasteiger partial charge in [0.2, 0.25) is 11.1 Å². The Bertz CT molecular complexity index is 1300. The number of nitro groups is 1. The van der Waals surface area contributed by atoms with E-state index in [0.717, 1.165) is 17.7 Å². The van der Waals surface area contributed by atoms with E-state index in [2.05, 4.69) is 15.4 Å². The molecule has 1 unspecified atom stereocenters. The number of non-ortho nitro benzene ring substituents is 1. The average Bonchev–Trinajstić information content (AvgIpc) is 3.21. The van der Waals surface area contributed by atoms with Crippen molar-refractivity contribution in [1.29, 1.82) is 0 Å². The Morgan fingerprint density at radius 1 is 1.15 bits per heavy atom. The zero-order valence-corrected chi connectivity index (χ0v) is 18.1. The summed E-state index contributed by atoms with van der Waals surface area (Å²) in [6.45, 7) is 0. The van der Waals surface area contributed by atoms with Gasteiger partial charge in [-0.25, -0.2) is 4.68 Å². The molecule has 33 heavy (non-hydrogen) atoms. The van der Waals surface area contributed by atoms with Crippen molar-refractivity contribution >= 4 is 29.2 Å². The maximum atomic E-state index is 12.8. The summed E-state index contributed by atoms with van der Waals surface area (Å²) in [6.07, 6.45) is 1.89. The van der Waals surface area contributed by atoms with Crippen molar-refractivity contribution in [1.82, 2.24) is 14.8 Å². The van der Waals surface area contributed by atoms with Crippen LogP contribution in [-0.4, -0.2) is 35.7 Å². The standard InChI is InChI=1S/C22H19N5O5S/c28-16-9-6-13(10-18(16)30)20-19-15(2-1-3-17(19)29)23-21-24-22(25-26(20)21)33-11-12-4-7-14(8-5-12)27(31)32/h4-10,20,28,30H,1-3,11H2,(H,23,24,25). The lowest BCUT2D eigenvalue weighted by Gasteiger charge is -2.32. The number of phenols is 2. The summed E-state index contributed by atoms with van der Waals surface area (Å²) in [5, 5.41) is 39.0. The van der Waals surface area contributed by atoms with E-state index >= 15 is 0 Å². The van der Waals surface area contributed by atoms with Crippen LogP contribution in [0.4, 0.5) is 11.6 Å². The van der Waals surface area contributed by atoms with Crippen LogP contribution in [0.25, 0.3) is 0 Å². The van der Waals surface area contributed by atoms with Crippen LogP contribution in [0.3, 0.4) is 0 Å². The van der Waals surface area contributed by atoms with Crippen LogP contribution in [0.1, 0.15) is 36.4 Å². The Balaban J connectivity index is 1.47. The number of phenolic OH excluding ortho intramolecular Hbond substituents is 2. The van der Waals surface area contributed by atoms with Gasteiger partial charge in [-0.1, -0.05) is 30.0 Å². The lowest BCUT2D eigenvalue weighted by molar-refractivity contribution is -0.384. The van der Waals surface area contributed by atoms with Crippen LogP contribution in [0.15, 0.2) is 58.9 Å². The van der Waals surface area contributed by atoms with Gasteiger partial charge in [-0.15, -0.1) is 5.10 Å². The largest absolute Gasteiger partial charge is 0.504 e. The summed E-state index contributed by atoms with van der Waals surface area (Å²) >= 11 is 1.37. The highest BCUT2D eigenvalue weighted by atomic mass is 32.2. The minimum atomic E-state index is -0.572. The Morgan fingerprint density at radius 3 is 2.67 bits per heavy atom. The molecule has 0 saturated heterocycles. The highest BCUT2D eigenvalue weighted by molar-refractivity contribution is 7.98. The van der Waals surface area contributed by atoms with Gasteiger partial charge >= 0.3 is 0 Å². The minimum absolute atomic E-state index is 0.0162. The molecule has 3 N–H and O–H groups in total. The number of allylic oxidation sites excluding steroid dienone is 2. The van der Waals surface area contributed by atoms with Crippen LogP contribution in [0.5, 0.6) is 11.5 Å². The van der Waals surface area contributed by atoms with E-state index in [-0.39, 0.29) is 23.0 Å². The second kappa shape index (κ2) is 8.24. The van der Waals surface area contributed by atoms with Gasteiger partial charge in [0.15, 0.2) is 17.3 Å². The minimum Gasteiger partial charge on any atom is -0.504 e. The number of ketones is 1. The van der Waals surface area contributed by atoms with Gasteiger partial charge in [0.25, 0.3) is 5.69 Å². The van der Waals surface area contributed by atoms with Gasteiger partial charge in [-0.05, 0) is 36.1 Å². The molecule has 2 heterocycles. The molecule has 0 bridgehead atoms. The molecule has 1 atom stereocenters. The van der Waals surface area contributed by atoms with E-state index in [1.54, 1.807) is 22.9 Å².